The standard InChI is InChI=1S/C16H21N5O9/c1-8(22)27-5-9-11-12(30-16(2,3)29-11)15(28-9)20-6-17-10(13(20)18-7-26-4)14(23)19-21(24)25/h6-7,9,11-12,15H,5H2,1-4H3,(H,19,23)/b18-7+/t9-,11-,12-,15-/m1/s1. The molecule has 0 spiro atoms. The van der Waals surface area contributed by atoms with Gasteiger partial charge in [0.15, 0.2) is 35.0 Å². The average molecular weight is 427 g/mol. The van der Waals surface area contributed by atoms with E-state index < -0.39 is 47.2 Å². The molecule has 14 heteroatoms. The van der Waals surface area contributed by atoms with Crippen LogP contribution in [0.1, 0.15) is 37.5 Å². The first-order valence-electron chi connectivity index (χ1n) is 8.85. The van der Waals surface area contributed by atoms with Crippen molar-refractivity contribution in [3.8, 4) is 0 Å². The number of ether oxygens (including phenoxy) is 5. The number of aliphatic imine (C=N–C) groups is 1. The number of methoxy groups -OCH3 is 1. The third kappa shape index (κ3) is 4.39. The average Bonchev–Trinajstić information content (AvgIpc) is 3.28. The van der Waals surface area contributed by atoms with Gasteiger partial charge in [-0.15, -0.1) is 0 Å². The fourth-order valence-corrected chi connectivity index (χ4v) is 3.28. The van der Waals surface area contributed by atoms with Crippen molar-refractivity contribution in [2.45, 2.75) is 51.1 Å². The molecule has 3 heterocycles. The van der Waals surface area contributed by atoms with Crippen LogP contribution in [0.3, 0.4) is 0 Å². The van der Waals surface area contributed by atoms with Gasteiger partial charge in [0.25, 0.3) is 0 Å². The van der Waals surface area contributed by atoms with Gasteiger partial charge in [0.1, 0.15) is 24.9 Å². The van der Waals surface area contributed by atoms with Crippen LogP contribution in [0, 0.1) is 10.1 Å². The van der Waals surface area contributed by atoms with E-state index in [1.165, 1.54) is 30.4 Å². The number of rotatable bonds is 7. The summed E-state index contributed by atoms with van der Waals surface area (Å²) in [4.78, 5) is 41.9. The van der Waals surface area contributed by atoms with Gasteiger partial charge >= 0.3 is 11.9 Å². The van der Waals surface area contributed by atoms with E-state index in [4.69, 9.17) is 23.7 Å². The van der Waals surface area contributed by atoms with Gasteiger partial charge in [-0.3, -0.25) is 14.2 Å². The van der Waals surface area contributed by atoms with Crippen molar-refractivity contribution in [1.82, 2.24) is 15.0 Å². The molecule has 2 aliphatic heterocycles. The number of nitrogens with one attached hydrogen (secondary N) is 1. The number of hydrogen-bond donors (Lipinski definition) is 1. The highest BCUT2D eigenvalue weighted by Crippen LogP contribution is 2.44. The van der Waals surface area contributed by atoms with Crippen molar-refractivity contribution in [2.24, 2.45) is 4.99 Å². The Morgan fingerprint density at radius 2 is 2.13 bits per heavy atom. The molecule has 2 saturated heterocycles. The van der Waals surface area contributed by atoms with Gasteiger partial charge in [-0.25, -0.2) is 20.1 Å². The summed E-state index contributed by atoms with van der Waals surface area (Å²) >= 11 is 0. The molecule has 30 heavy (non-hydrogen) atoms. The Morgan fingerprint density at radius 3 is 2.77 bits per heavy atom. The Kier molecular flexibility index (Phi) is 6.00. The molecule has 2 aliphatic rings. The fourth-order valence-electron chi connectivity index (χ4n) is 3.28. The van der Waals surface area contributed by atoms with Gasteiger partial charge < -0.3 is 23.7 Å². The molecule has 1 N–H and O–H groups in total. The molecule has 1 aromatic heterocycles. The van der Waals surface area contributed by atoms with Crippen LogP contribution < -0.4 is 5.43 Å². The Balaban J connectivity index is 1.95. The van der Waals surface area contributed by atoms with Crippen molar-refractivity contribution in [3.05, 3.63) is 22.1 Å². The van der Waals surface area contributed by atoms with Crippen LogP contribution in [0.2, 0.25) is 0 Å². The molecular weight excluding hydrogens is 406 g/mol. The van der Waals surface area contributed by atoms with Gasteiger partial charge in [-0.05, 0) is 13.8 Å². The molecule has 4 atom stereocenters. The maximum atomic E-state index is 12.1. The number of amides is 1. The number of aromatic nitrogens is 2. The second-order valence-corrected chi connectivity index (χ2v) is 6.92. The first kappa shape index (κ1) is 21.6. The molecule has 14 nitrogen and oxygen atoms in total. The molecule has 0 aromatic carbocycles. The zero-order chi connectivity index (χ0) is 22.1. The van der Waals surface area contributed by atoms with Gasteiger partial charge in [0.2, 0.25) is 0 Å². The smallest absolute Gasteiger partial charge is 0.332 e. The number of hydrogen-bond acceptors (Lipinski definition) is 11. The third-order valence-electron chi connectivity index (χ3n) is 4.31. The van der Waals surface area contributed by atoms with Crippen molar-refractivity contribution in [3.63, 3.8) is 0 Å². The molecule has 2 fully saturated rings. The van der Waals surface area contributed by atoms with Crippen molar-refractivity contribution >= 4 is 24.1 Å². The van der Waals surface area contributed by atoms with E-state index in [1.807, 2.05) is 0 Å². The summed E-state index contributed by atoms with van der Waals surface area (Å²) in [5.41, 5.74) is 1.20. The van der Waals surface area contributed by atoms with Crippen molar-refractivity contribution in [2.75, 3.05) is 13.7 Å². The van der Waals surface area contributed by atoms with Gasteiger partial charge in [-0.1, -0.05) is 5.43 Å². The number of hydrazine groups is 1. The first-order valence-corrected chi connectivity index (χ1v) is 8.85. The quantitative estimate of drug-likeness (QED) is 0.207. The number of fused-ring (bicyclic) bond motifs is 1. The van der Waals surface area contributed by atoms with E-state index in [0.717, 1.165) is 6.40 Å². The minimum Gasteiger partial charge on any atom is -0.486 e. The van der Waals surface area contributed by atoms with Gasteiger partial charge in [0.05, 0.1) is 13.4 Å². The van der Waals surface area contributed by atoms with Crippen LogP contribution in [0.25, 0.3) is 0 Å². The minimum atomic E-state index is -1.07. The van der Waals surface area contributed by atoms with E-state index in [9.17, 15) is 19.7 Å². The van der Waals surface area contributed by atoms with Gasteiger partial charge in [-0.2, -0.15) is 0 Å². The van der Waals surface area contributed by atoms with E-state index in [1.54, 1.807) is 13.8 Å². The summed E-state index contributed by atoms with van der Waals surface area (Å²) in [7, 11) is 1.34. The molecule has 1 amide bonds. The number of nitro groups is 1. The first-order chi connectivity index (χ1) is 14.1. The van der Waals surface area contributed by atoms with Gasteiger partial charge in [0, 0.05) is 6.92 Å². The summed E-state index contributed by atoms with van der Waals surface area (Å²) in [6.07, 6.45) is -0.495. The molecule has 0 radical (unpaired) electrons. The Hall–Kier alpha value is -3.10. The maximum absolute atomic E-state index is 12.1. The summed E-state index contributed by atoms with van der Waals surface area (Å²) in [5.74, 6) is -2.55. The lowest BCUT2D eigenvalue weighted by Crippen LogP contribution is -2.33. The van der Waals surface area contributed by atoms with E-state index in [2.05, 4.69) is 9.98 Å². The monoisotopic (exact) mass is 427 g/mol. The molecule has 0 saturated carbocycles. The van der Waals surface area contributed by atoms with Crippen molar-refractivity contribution < 1.29 is 38.3 Å². The largest absolute Gasteiger partial charge is 0.486 e. The molecule has 1 aromatic rings. The Labute approximate surface area is 170 Å². The third-order valence-corrected chi connectivity index (χ3v) is 4.31. The van der Waals surface area contributed by atoms with Crippen LogP contribution in [0.5, 0.6) is 0 Å². The number of esters is 1. The molecule has 164 valence electrons. The van der Waals surface area contributed by atoms with E-state index in [0.29, 0.717) is 0 Å². The summed E-state index contributed by atoms with van der Waals surface area (Å²) in [6.45, 7) is 4.64. The van der Waals surface area contributed by atoms with Crippen LogP contribution in [-0.2, 0) is 28.5 Å². The molecule has 0 bridgehead atoms. The zero-order valence-electron chi connectivity index (χ0n) is 16.6. The molecule has 3 rings (SSSR count). The number of nitrogens with zero attached hydrogens (tertiary/aromatic N) is 4. The van der Waals surface area contributed by atoms with Crippen LogP contribution in [0.15, 0.2) is 11.3 Å². The summed E-state index contributed by atoms with van der Waals surface area (Å²) < 4.78 is 29.0. The summed E-state index contributed by atoms with van der Waals surface area (Å²) in [5, 5.41) is 9.63. The van der Waals surface area contributed by atoms with Crippen LogP contribution >= 0.6 is 0 Å². The van der Waals surface area contributed by atoms with Crippen LogP contribution in [-0.4, -0.2) is 70.7 Å². The lowest BCUT2D eigenvalue weighted by atomic mass is 10.1. The maximum Gasteiger partial charge on any atom is 0.332 e. The highest BCUT2D eigenvalue weighted by molar-refractivity contribution is 5.96. The fraction of sp³-hybridized carbons (Fsp3) is 0.625. The highest BCUT2D eigenvalue weighted by Gasteiger charge is 2.56. The molecule has 0 unspecified atom stereocenters. The molecule has 0 aliphatic carbocycles. The second-order valence-electron chi connectivity index (χ2n) is 6.92. The van der Waals surface area contributed by atoms with E-state index in [-0.39, 0.29) is 18.1 Å². The second kappa shape index (κ2) is 8.33. The predicted molar refractivity (Wildman–Crippen MR) is 96.2 cm³/mol. The normalized spacial score (nSPS) is 27.1. The minimum absolute atomic E-state index is 0.0543. The predicted octanol–water partition coefficient (Wildman–Crippen LogP) is 0.0914. The Morgan fingerprint density at radius 1 is 1.43 bits per heavy atom. The highest BCUT2D eigenvalue weighted by atomic mass is 16.8. The number of carbonyl (C=O) groups is 2. The van der Waals surface area contributed by atoms with Crippen molar-refractivity contribution in [1.29, 1.82) is 0 Å². The topological polar surface area (TPSA) is 166 Å². The number of imidazole rings is 1. The van der Waals surface area contributed by atoms with E-state index >= 15 is 0 Å². The summed E-state index contributed by atoms with van der Waals surface area (Å²) in [6, 6.07) is 0. The zero-order valence-corrected chi connectivity index (χ0v) is 16.6. The lowest BCUT2D eigenvalue weighted by Gasteiger charge is -2.24. The van der Waals surface area contributed by atoms with Crippen LogP contribution in [0.4, 0.5) is 5.82 Å². The lowest BCUT2D eigenvalue weighted by molar-refractivity contribution is -0.527. The number of carbonyl (C=O) groups excluding carboxylic acids is 2. The SMILES string of the molecule is CO/C=N/c1c(C(=O)N[N+](=O)[O-])ncn1[C@@H]1O[C@H](COC(C)=O)[C@H]2OC(C)(C)O[C@H]21. The Bertz CT molecular complexity index is 867. The molecular formula is C16H21N5O9.